The van der Waals surface area contributed by atoms with Crippen LogP contribution in [0.2, 0.25) is 0 Å². The zero-order valence-electron chi connectivity index (χ0n) is 17.9. The van der Waals surface area contributed by atoms with E-state index in [4.69, 9.17) is 9.47 Å². The van der Waals surface area contributed by atoms with Crippen molar-refractivity contribution in [1.29, 1.82) is 0 Å². The van der Waals surface area contributed by atoms with Gasteiger partial charge in [0.2, 0.25) is 0 Å². The van der Waals surface area contributed by atoms with Crippen molar-refractivity contribution in [3.8, 4) is 11.5 Å². The summed E-state index contributed by atoms with van der Waals surface area (Å²) in [4.78, 5) is 17.5. The molecular weight excluding hydrogens is 507 g/mol. The average molecular weight is 527 g/mol. The second-order valence-electron chi connectivity index (χ2n) is 7.22. The number of hydrogen-bond acceptors (Lipinski definition) is 5. The van der Waals surface area contributed by atoms with E-state index in [-0.39, 0.29) is 18.3 Å². The number of rotatable bonds is 6. The minimum absolute atomic E-state index is 0.0625. The molecule has 3 aromatic carbocycles. The Hall–Kier alpha value is -3.10. The maximum Gasteiger partial charge on any atom is 0.264 e. The van der Waals surface area contributed by atoms with Gasteiger partial charge in [-0.15, -0.1) is 0 Å². The van der Waals surface area contributed by atoms with Gasteiger partial charge in [-0.05, 0) is 60.7 Å². The maximum absolute atomic E-state index is 13.9. The third kappa shape index (κ3) is 5.64. The quantitative estimate of drug-likeness (QED) is 0.378. The first-order chi connectivity index (χ1) is 15.9. The third-order valence-corrected chi connectivity index (χ3v) is 6.42. The van der Waals surface area contributed by atoms with E-state index in [9.17, 15) is 9.18 Å². The molecule has 0 saturated carbocycles. The van der Waals surface area contributed by atoms with Gasteiger partial charge >= 0.3 is 0 Å². The first kappa shape index (κ1) is 23.1. The fraction of sp³-hybridized carbons (Fsp3) is 0.120. The predicted molar refractivity (Wildman–Crippen MR) is 133 cm³/mol. The second kappa shape index (κ2) is 10.2. The number of benzene rings is 3. The minimum atomic E-state index is -0.329. The summed E-state index contributed by atoms with van der Waals surface area (Å²) in [5, 5.41) is 3.31. The summed E-state index contributed by atoms with van der Waals surface area (Å²) in [7, 11) is 1.53. The normalized spacial score (nSPS) is 15.7. The largest absolute Gasteiger partial charge is 0.493 e. The maximum atomic E-state index is 13.9. The van der Waals surface area contributed by atoms with E-state index in [0.717, 1.165) is 16.8 Å². The molecule has 0 spiro atoms. The Morgan fingerprint density at radius 3 is 2.61 bits per heavy atom. The number of carbonyl (C=O) groups excluding carboxylic acids is 1. The van der Waals surface area contributed by atoms with Crippen molar-refractivity contribution in [3.63, 3.8) is 0 Å². The minimum Gasteiger partial charge on any atom is -0.493 e. The van der Waals surface area contributed by atoms with Crippen molar-refractivity contribution in [2.75, 3.05) is 7.11 Å². The topological polar surface area (TPSA) is 59.9 Å². The van der Waals surface area contributed by atoms with Gasteiger partial charge in [0.05, 0.1) is 17.7 Å². The Kier molecular flexibility index (Phi) is 7.15. The molecule has 0 aromatic heterocycles. The highest BCUT2D eigenvalue weighted by molar-refractivity contribution is 9.10. The summed E-state index contributed by atoms with van der Waals surface area (Å²) in [6.45, 7) is 2.07. The lowest BCUT2D eigenvalue weighted by Crippen LogP contribution is -2.19. The van der Waals surface area contributed by atoms with E-state index in [1.165, 1.54) is 24.9 Å². The number of ether oxygens (including phenoxy) is 2. The second-order valence-corrected chi connectivity index (χ2v) is 9.11. The number of nitrogens with one attached hydrogen (secondary N) is 1. The molecule has 1 aliphatic heterocycles. The van der Waals surface area contributed by atoms with Crippen molar-refractivity contribution in [3.05, 3.63) is 92.5 Å². The highest BCUT2D eigenvalue weighted by Crippen LogP contribution is 2.37. The Morgan fingerprint density at radius 2 is 1.88 bits per heavy atom. The molecule has 5 nitrogen and oxygen atoms in total. The molecule has 0 atom stereocenters. The van der Waals surface area contributed by atoms with E-state index >= 15 is 0 Å². The number of halogens is 2. The molecule has 0 unspecified atom stereocenters. The van der Waals surface area contributed by atoms with Gasteiger partial charge in [0, 0.05) is 10.0 Å². The molecule has 8 heteroatoms. The summed E-state index contributed by atoms with van der Waals surface area (Å²) in [5.74, 6) is 0.374. The summed E-state index contributed by atoms with van der Waals surface area (Å²) < 4.78 is 25.9. The van der Waals surface area contributed by atoms with Crippen LogP contribution in [0.1, 0.15) is 16.7 Å². The number of aliphatic imine (C=N–C) groups is 1. The highest BCUT2D eigenvalue weighted by Gasteiger charge is 2.24. The first-order valence-corrected chi connectivity index (χ1v) is 11.6. The fourth-order valence-electron chi connectivity index (χ4n) is 3.06. The lowest BCUT2D eigenvalue weighted by molar-refractivity contribution is -0.115. The molecular formula is C25H20BrFN2O3S. The molecule has 33 heavy (non-hydrogen) atoms. The molecule has 1 heterocycles. The molecule has 0 bridgehead atoms. The summed E-state index contributed by atoms with van der Waals surface area (Å²) in [6, 6.07) is 17.7. The van der Waals surface area contributed by atoms with Crippen LogP contribution in [-0.4, -0.2) is 18.2 Å². The number of aryl methyl sites for hydroxylation is 1. The number of amidine groups is 1. The Morgan fingerprint density at radius 1 is 1.12 bits per heavy atom. The summed E-state index contributed by atoms with van der Waals surface area (Å²) >= 11 is 4.79. The van der Waals surface area contributed by atoms with Crippen LogP contribution < -0.4 is 14.8 Å². The van der Waals surface area contributed by atoms with Crippen LogP contribution in [0.25, 0.3) is 6.08 Å². The molecule has 168 valence electrons. The monoisotopic (exact) mass is 526 g/mol. The summed E-state index contributed by atoms with van der Waals surface area (Å²) in [5.41, 5.74) is 3.09. The zero-order chi connectivity index (χ0) is 23.4. The van der Waals surface area contributed by atoms with Crippen molar-refractivity contribution in [2.24, 2.45) is 4.99 Å². The number of amides is 1. The molecule has 4 rings (SSSR count). The van der Waals surface area contributed by atoms with Crippen molar-refractivity contribution in [2.45, 2.75) is 13.5 Å². The van der Waals surface area contributed by atoms with E-state index in [0.29, 0.717) is 31.6 Å². The standard InChI is InChI=1S/C25H20BrFN2O3S/c1-15-7-9-18(10-8-15)28-25-29-24(30)23(33-25)12-17-11-21(31-2)22(13-19(17)26)32-14-16-5-3-4-6-20(16)27/h3-13H,14H2,1-2H3,(H,28,29,30)/b23-12+. The first-order valence-electron chi connectivity index (χ1n) is 10.0. The lowest BCUT2D eigenvalue weighted by atomic mass is 10.1. The van der Waals surface area contributed by atoms with E-state index < -0.39 is 0 Å². The van der Waals surface area contributed by atoms with Crippen molar-refractivity contribution < 1.29 is 18.7 Å². The molecule has 0 aliphatic carbocycles. The Labute approximate surface area is 203 Å². The lowest BCUT2D eigenvalue weighted by Gasteiger charge is -2.13. The summed E-state index contributed by atoms with van der Waals surface area (Å²) in [6.07, 6.45) is 1.75. The van der Waals surface area contributed by atoms with Gasteiger partial charge in [-0.1, -0.05) is 51.8 Å². The molecule has 0 radical (unpaired) electrons. The van der Waals surface area contributed by atoms with Gasteiger partial charge in [-0.2, -0.15) is 0 Å². The van der Waals surface area contributed by atoms with Crippen LogP contribution >= 0.6 is 27.7 Å². The number of hydrogen-bond donors (Lipinski definition) is 1. The van der Waals surface area contributed by atoms with Crippen LogP contribution in [-0.2, 0) is 11.4 Å². The van der Waals surface area contributed by atoms with Gasteiger partial charge in [-0.25, -0.2) is 9.38 Å². The SMILES string of the molecule is COc1cc(/C=C2/SC(=Nc3ccc(C)cc3)NC2=O)c(Br)cc1OCc1ccccc1F. The van der Waals surface area contributed by atoms with E-state index in [2.05, 4.69) is 26.2 Å². The van der Waals surface area contributed by atoms with Crippen LogP contribution in [0.4, 0.5) is 10.1 Å². The number of carbonyl (C=O) groups is 1. The third-order valence-electron chi connectivity index (χ3n) is 4.83. The van der Waals surface area contributed by atoms with Gasteiger partial charge in [-0.3, -0.25) is 4.79 Å². The smallest absolute Gasteiger partial charge is 0.264 e. The Bertz CT molecular complexity index is 1260. The van der Waals surface area contributed by atoms with Crippen LogP contribution in [0.15, 0.2) is 75.0 Å². The highest BCUT2D eigenvalue weighted by atomic mass is 79.9. The Balaban J connectivity index is 1.54. The van der Waals surface area contributed by atoms with Gasteiger partial charge in [0.25, 0.3) is 5.91 Å². The van der Waals surface area contributed by atoms with E-state index in [1.807, 2.05) is 31.2 Å². The molecule has 1 amide bonds. The van der Waals surface area contributed by atoms with Gasteiger partial charge < -0.3 is 14.8 Å². The van der Waals surface area contributed by atoms with Gasteiger partial charge in [0.15, 0.2) is 16.7 Å². The van der Waals surface area contributed by atoms with Crippen molar-refractivity contribution >= 4 is 50.5 Å². The fourth-order valence-corrected chi connectivity index (χ4v) is 4.33. The van der Waals surface area contributed by atoms with Crippen molar-refractivity contribution in [1.82, 2.24) is 5.32 Å². The van der Waals surface area contributed by atoms with E-state index in [1.54, 1.807) is 36.4 Å². The van der Waals surface area contributed by atoms with Crippen LogP contribution in [0.5, 0.6) is 11.5 Å². The number of methoxy groups -OCH3 is 1. The van der Waals surface area contributed by atoms with Gasteiger partial charge in [0.1, 0.15) is 12.4 Å². The predicted octanol–water partition coefficient (Wildman–Crippen LogP) is 6.38. The van der Waals surface area contributed by atoms with Crippen LogP contribution in [0, 0.1) is 12.7 Å². The molecule has 1 saturated heterocycles. The molecule has 1 aliphatic rings. The number of thioether (sulfide) groups is 1. The molecule has 1 N–H and O–H groups in total. The zero-order valence-corrected chi connectivity index (χ0v) is 20.3. The van der Waals surface area contributed by atoms with Crippen LogP contribution in [0.3, 0.4) is 0 Å². The number of nitrogens with zero attached hydrogens (tertiary/aromatic N) is 1. The average Bonchev–Trinajstić information content (AvgIpc) is 3.14. The molecule has 1 fully saturated rings. The molecule has 3 aromatic rings.